The maximum absolute atomic E-state index is 12.4. The van der Waals surface area contributed by atoms with Gasteiger partial charge in [0.1, 0.15) is 6.33 Å². The summed E-state index contributed by atoms with van der Waals surface area (Å²) in [6.07, 6.45) is 1.32. The van der Waals surface area contributed by atoms with Gasteiger partial charge in [0.15, 0.2) is 16.5 Å². The number of hydrogen-bond donors (Lipinski definition) is 1. The largest absolute Gasteiger partial charge is 0.383 e. The lowest BCUT2D eigenvalue weighted by Gasteiger charge is -2.11. The molecule has 0 aliphatic carbocycles. The first-order valence-corrected chi connectivity index (χ1v) is 7.91. The average molecular weight is 355 g/mol. The number of amides is 2. The molecule has 3 heterocycles. The first-order valence-electron chi connectivity index (χ1n) is 7.09. The lowest BCUT2D eigenvalue weighted by atomic mass is 10.1. The van der Waals surface area contributed by atoms with Crippen LogP contribution in [0.25, 0.3) is 10.8 Å². The van der Waals surface area contributed by atoms with Crippen LogP contribution in [-0.4, -0.2) is 43.0 Å². The van der Waals surface area contributed by atoms with E-state index in [1.165, 1.54) is 29.8 Å². The number of carbonyl (C=O) groups excluding carboxylic acids is 3. The molecule has 10 heteroatoms. The SMILES string of the molecule is Cc1sc(-c2ncn[nH]2)nc1C(=O)ON1C(=O)c2ccccc2C1=O. The number of imide groups is 1. The number of carbonyl (C=O) groups is 3. The molecule has 2 amide bonds. The lowest BCUT2D eigenvalue weighted by molar-refractivity contribution is -0.0588. The number of rotatable bonds is 3. The Morgan fingerprint density at radius 3 is 2.48 bits per heavy atom. The van der Waals surface area contributed by atoms with Crippen LogP contribution in [0.2, 0.25) is 0 Å². The van der Waals surface area contributed by atoms with Crippen LogP contribution in [0.5, 0.6) is 0 Å². The van der Waals surface area contributed by atoms with Gasteiger partial charge in [-0.05, 0) is 19.1 Å². The van der Waals surface area contributed by atoms with Gasteiger partial charge in [-0.3, -0.25) is 14.7 Å². The molecular weight excluding hydrogens is 346 g/mol. The van der Waals surface area contributed by atoms with E-state index in [9.17, 15) is 14.4 Å². The van der Waals surface area contributed by atoms with Crippen molar-refractivity contribution < 1.29 is 19.2 Å². The molecule has 1 aliphatic rings. The topological polar surface area (TPSA) is 118 Å². The van der Waals surface area contributed by atoms with Crippen molar-refractivity contribution in [3.05, 3.63) is 52.3 Å². The Bertz CT molecular complexity index is 976. The summed E-state index contributed by atoms with van der Waals surface area (Å²) in [4.78, 5) is 50.5. The molecule has 124 valence electrons. The highest BCUT2D eigenvalue weighted by Gasteiger charge is 2.39. The van der Waals surface area contributed by atoms with E-state index in [-0.39, 0.29) is 16.8 Å². The van der Waals surface area contributed by atoms with Crippen molar-refractivity contribution in [3.63, 3.8) is 0 Å². The van der Waals surface area contributed by atoms with Gasteiger partial charge in [-0.1, -0.05) is 17.2 Å². The summed E-state index contributed by atoms with van der Waals surface area (Å²) in [6, 6.07) is 6.26. The molecule has 0 radical (unpaired) electrons. The fourth-order valence-corrected chi connectivity index (χ4v) is 3.22. The predicted molar refractivity (Wildman–Crippen MR) is 84.6 cm³/mol. The number of aromatic amines is 1. The quantitative estimate of drug-likeness (QED) is 0.709. The van der Waals surface area contributed by atoms with Gasteiger partial charge >= 0.3 is 5.97 Å². The van der Waals surface area contributed by atoms with Gasteiger partial charge in [-0.15, -0.1) is 11.3 Å². The number of nitrogens with zero attached hydrogens (tertiary/aromatic N) is 4. The van der Waals surface area contributed by atoms with Gasteiger partial charge in [0.2, 0.25) is 0 Å². The van der Waals surface area contributed by atoms with Gasteiger partial charge in [-0.2, -0.15) is 5.10 Å². The van der Waals surface area contributed by atoms with Crippen LogP contribution < -0.4 is 0 Å². The second-order valence-corrected chi connectivity index (χ2v) is 6.29. The summed E-state index contributed by atoms with van der Waals surface area (Å²) in [5.74, 6) is -1.85. The van der Waals surface area contributed by atoms with Crippen LogP contribution in [0.15, 0.2) is 30.6 Å². The molecule has 1 aromatic carbocycles. The number of hydrogen-bond acceptors (Lipinski definition) is 8. The zero-order valence-corrected chi connectivity index (χ0v) is 13.5. The van der Waals surface area contributed by atoms with E-state index in [0.717, 1.165) is 0 Å². The molecule has 0 spiro atoms. The Labute approximate surface area is 144 Å². The van der Waals surface area contributed by atoms with Crippen LogP contribution in [0.1, 0.15) is 36.1 Å². The Kier molecular flexibility index (Phi) is 3.39. The van der Waals surface area contributed by atoms with Crippen LogP contribution in [0, 0.1) is 6.92 Å². The van der Waals surface area contributed by atoms with Crippen molar-refractivity contribution >= 4 is 29.1 Å². The number of thiazole rings is 1. The molecule has 25 heavy (non-hydrogen) atoms. The summed E-state index contributed by atoms with van der Waals surface area (Å²) in [7, 11) is 0. The van der Waals surface area contributed by atoms with E-state index in [1.807, 2.05) is 0 Å². The highest BCUT2D eigenvalue weighted by Crippen LogP contribution is 2.27. The minimum atomic E-state index is -0.894. The first-order chi connectivity index (χ1) is 12.1. The first kappa shape index (κ1) is 15.1. The van der Waals surface area contributed by atoms with Gasteiger partial charge in [0, 0.05) is 4.88 Å². The fourth-order valence-electron chi connectivity index (χ4n) is 2.37. The number of aromatic nitrogens is 4. The van der Waals surface area contributed by atoms with Crippen LogP contribution in [0.3, 0.4) is 0 Å². The molecule has 4 rings (SSSR count). The fraction of sp³-hybridized carbons (Fsp3) is 0.0667. The molecule has 9 nitrogen and oxygen atoms in total. The predicted octanol–water partition coefficient (Wildman–Crippen LogP) is 1.60. The maximum Gasteiger partial charge on any atom is 0.383 e. The van der Waals surface area contributed by atoms with Crippen LogP contribution in [0.4, 0.5) is 0 Å². The van der Waals surface area contributed by atoms with Gasteiger partial charge < -0.3 is 4.84 Å². The minimum absolute atomic E-state index is 0.00737. The summed E-state index contributed by atoms with van der Waals surface area (Å²) in [5.41, 5.74) is 0.392. The van der Waals surface area contributed by atoms with E-state index >= 15 is 0 Å². The summed E-state index contributed by atoms with van der Waals surface area (Å²) >= 11 is 1.21. The second-order valence-electron chi connectivity index (χ2n) is 5.09. The van der Waals surface area contributed by atoms with Crippen LogP contribution >= 0.6 is 11.3 Å². The number of H-pyrrole nitrogens is 1. The monoisotopic (exact) mass is 355 g/mol. The summed E-state index contributed by atoms with van der Waals surface area (Å²) in [6.45, 7) is 1.68. The zero-order valence-electron chi connectivity index (χ0n) is 12.7. The highest BCUT2D eigenvalue weighted by atomic mass is 32.1. The minimum Gasteiger partial charge on any atom is -0.322 e. The zero-order chi connectivity index (χ0) is 17.6. The Balaban J connectivity index is 1.60. The maximum atomic E-state index is 12.4. The molecule has 0 unspecified atom stereocenters. The van der Waals surface area contributed by atoms with Gasteiger partial charge in [0.05, 0.1) is 11.1 Å². The molecule has 1 aliphatic heterocycles. The number of aryl methyl sites for hydroxylation is 1. The molecule has 0 atom stereocenters. The third-order valence-corrected chi connectivity index (χ3v) is 4.52. The van der Waals surface area contributed by atoms with Crippen molar-refractivity contribution in [3.8, 4) is 10.8 Å². The average Bonchev–Trinajstić information content (AvgIpc) is 3.31. The normalized spacial score (nSPS) is 13.2. The van der Waals surface area contributed by atoms with E-state index in [1.54, 1.807) is 19.1 Å². The Morgan fingerprint density at radius 1 is 1.20 bits per heavy atom. The van der Waals surface area contributed by atoms with E-state index in [4.69, 9.17) is 4.84 Å². The molecular formula is C15H9N5O4S. The van der Waals surface area contributed by atoms with Gasteiger partial charge in [-0.25, -0.2) is 14.8 Å². The molecule has 0 bridgehead atoms. The van der Waals surface area contributed by atoms with Gasteiger partial charge in [0.25, 0.3) is 11.8 Å². The molecule has 0 fully saturated rings. The van der Waals surface area contributed by atoms with Crippen molar-refractivity contribution in [2.45, 2.75) is 6.92 Å². The van der Waals surface area contributed by atoms with Crippen molar-refractivity contribution in [1.82, 2.24) is 25.2 Å². The number of fused-ring (bicyclic) bond motifs is 1. The van der Waals surface area contributed by atoms with Crippen molar-refractivity contribution in [1.29, 1.82) is 0 Å². The highest BCUT2D eigenvalue weighted by molar-refractivity contribution is 7.15. The summed E-state index contributed by atoms with van der Waals surface area (Å²) in [5, 5.41) is 7.28. The molecule has 2 aromatic heterocycles. The standard InChI is InChI=1S/C15H9N5O4S/c1-7-10(18-12(25-7)11-16-6-17-19-11)15(23)24-20-13(21)8-4-2-3-5-9(8)14(20)22/h2-6H,1H3,(H,16,17,19). The lowest BCUT2D eigenvalue weighted by Crippen LogP contribution is -2.33. The van der Waals surface area contributed by atoms with Crippen molar-refractivity contribution in [2.24, 2.45) is 0 Å². The summed E-state index contributed by atoms with van der Waals surface area (Å²) < 4.78 is 0. The van der Waals surface area contributed by atoms with Crippen molar-refractivity contribution in [2.75, 3.05) is 0 Å². The van der Waals surface area contributed by atoms with E-state index in [0.29, 0.717) is 20.8 Å². The Hall–Kier alpha value is -3.40. The third kappa shape index (κ3) is 2.39. The smallest absolute Gasteiger partial charge is 0.322 e. The molecule has 0 saturated carbocycles. The Morgan fingerprint density at radius 2 is 1.88 bits per heavy atom. The third-order valence-electron chi connectivity index (χ3n) is 3.54. The van der Waals surface area contributed by atoms with E-state index < -0.39 is 17.8 Å². The van der Waals surface area contributed by atoms with Crippen LogP contribution in [-0.2, 0) is 4.84 Å². The van der Waals surface area contributed by atoms with E-state index in [2.05, 4.69) is 20.2 Å². The molecule has 0 saturated heterocycles. The number of benzene rings is 1. The number of hydroxylamine groups is 2. The second kappa shape index (κ2) is 5.60. The number of nitrogens with one attached hydrogen (secondary N) is 1. The molecule has 1 N–H and O–H groups in total. The molecule has 3 aromatic rings.